The average Bonchev–Trinajstić information content (AvgIpc) is 3.30. The zero-order valence-electron chi connectivity index (χ0n) is 18.1. The van der Waals surface area contributed by atoms with Gasteiger partial charge in [-0.3, -0.25) is 5.32 Å². The minimum absolute atomic E-state index is 0.0130. The number of carbonyl (C=O) groups is 1. The van der Waals surface area contributed by atoms with Crippen LogP contribution in [0.15, 0.2) is 24.4 Å². The first kappa shape index (κ1) is 23.7. The summed E-state index contributed by atoms with van der Waals surface area (Å²) in [5.74, 6) is -5.51. The summed E-state index contributed by atoms with van der Waals surface area (Å²) in [6, 6.07) is 2.56. The number of primary amides is 1. The van der Waals surface area contributed by atoms with Crippen molar-refractivity contribution in [3.8, 4) is 5.75 Å². The molecule has 1 aliphatic rings. The molecule has 3 heterocycles. The van der Waals surface area contributed by atoms with Gasteiger partial charge in [-0.2, -0.15) is 17.6 Å². The molecule has 1 aliphatic heterocycles. The summed E-state index contributed by atoms with van der Waals surface area (Å²) in [4.78, 5) is 22.4. The van der Waals surface area contributed by atoms with E-state index in [9.17, 15) is 26.7 Å². The molecule has 1 saturated heterocycles. The molecular formula is C21H20F5N5O3. The van der Waals surface area contributed by atoms with E-state index < -0.39 is 53.1 Å². The van der Waals surface area contributed by atoms with Crippen LogP contribution in [0.2, 0.25) is 0 Å². The van der Waals surface area contributed by atoms with Crippen molar-refractivity contribution in [1.29, 1.82) is 0 Å². The number of anilines is 1. The van der Waals surface area contributed by atoms with Crippen molar-refractivity contribution in [2.24, 2.45) is 11.7 Å². The smallest absolute Gasteiger partial charge is 0.417 e. The van der Waals surface area contributed by atoms with Crippen molar-refractivity contribution in [3.63, 3.8) is 0 Å². The number of nitrogens with zero attached hydrogens (tertiary/aromatic N) is 2. The van der Waals surface area contributed by atoms with Gasteiger partial charge < -0.3 is 20.2 Å². The Hall–Kier alpha value is -3.48. The average molecular weight is 485 g/mol. The number of pyridine rings is 1. The van der Waals surface area contributed by atoms with Gasteiger partial charge in [-0.25, -0.2) is 19.2 Å². The summed E-state index contributed by atoms with van der Waals surface area (Å²) in [5, 5.41) is 2.29. The molecule has 13 heteroatoms. The molecule has 182 valence electrons. The van der Waals surface area contributed by atoms with Crippen LogP contribution in [-0.2, 0) is 4.74 Å². The molecule has 0 radical (unpaired) electrons. The predicted octanol–water partition coefficient (Wildman–Crippen LogP) is 4.55. The summed E-state index contributed by atoms with van der Waals surface area (Å²) in [6.07, 6.45) is -4.82. The number of amides is 2. The molecule has 0 unspecified atom stereocenters. The van der Waals surface area contributed by atoms with Crippen LogP contribution in [0.25, 0.3) is 11.0 Å². The highest BCUT2D eigenvalue weighted by Gasteiger charge is 2.65. The zero-order chi connectivity index (χ0) is 25.0. The van der Waals surface area contributed by atoms with Gasteiger partial charge in [0.05, 0.1) is 12.6 Å². The summed E-state index contributed by atoms with van der Waals surface area (Å²) in [7, 11) is 1.09. The number of hydrogen-bond donors (Lipinski definition) is 3. The van der Waals surface area contributed by atoms with Gasteiger partial charge in [0.2, 0.25) is 5.82 Å². The summed E-state index contributed by atoms with van der Waals surface area (Å²) >= 11 is 0. The highest BCUT2D eigenvalue weighted by Crippen LogP contribution is 2.59. The van der Waals surface area contributed by atoms with E-state index in [0.29, 0.717) is 5.52 Å². The first-order valence-corrected chi connectivity index (χ1v) is 10.1. The maximum atomic E-state index is 14.5. The molecule has 4 atom stereocenters. The Morgan fingerprint density at radius 1 is 1.29 bits per heavy atom. The Labute approximate surface area is 189 Å². The van der Waals surface area contributed by atoms with Crippen LogP contribution in [0.4, 0.5) is 32.6 Å². The molecule has 0 saturated carbocycles. The largest absolute Gasteiger partial charge is 0.493 e. The third-order valence-corrected chi connectivity index (χ3v) is 6.24. The molecule has 34 heavy (non-hydrogen) atoms. The van der Waals surface area contributed by atoms with Gasteiger partial charge in [-0.05, 0) is 19.1 Å². The fraction of sp³-hybridized carbons (Fsp3) is 0.381. The van der Waals surface area contributed by atoms with Crippen molar-refractivity contribution >= 4 is 22.9 Å². The topological polar surface area (TPSA) is 115 Å². The zero-order valence-corrected chi connectivity index (χ0v) is 18.1. The summed E-state index contributed by atoms with van der Waals surface area (Å²) in [5.41, 5.74) is 2.95. The molecular weight excluding hydrogens is 465 g/mol. The number of imidazole rings is 1. The van der Waals surface area contributed by atoms with E-state index in [4.69, 9.17) is 15.2 Å². The van der Waals surface area contributed by atoms with Crippen molar-refractivity contribution in [2.75, 3.05) is 12.4 Å². The molecule has 4 rings (SSSR count). The Morgan fingerprint density at radius 3 is 2.62 bits per heavy atom. The number of ether oxygens (including phenoxy) is 2. The third-order valence-electron chi connectivity index (χ3n) is 6.24. The predicted molar refractivity (Wildman–Crippen MR) is 110 cm³/mol. The number of halogens is 5. The lowest BCUT2D eigenvalue weighted by atomic mass is 9.77. The maximum absolute atomic E-state index is 14.5. The van der Waals surface area contributed by atoms with E-state index in [1.165, 1.54) is 25.3 Å². The molecule has 0 spiro atoms. The first-order valence-electron chi connectivity index (χ1n) is 10.1. The maximum Gasteiger partial charge on any atom is 0.417 e. The van der Waals surface area contributed by atoms with Gasteiger partial charge in [0.1, 0.15) is 17.4 Å². The molecule has 4 N–H and O–H groups in total. The van der Waals surface area contributed by atoms with Crippen LogP contribution in [0.1, 0.15) is 37.3 Å². The molecule has 8 nitrogen and oxygen atoms in total. The normalized spacial score (nSPS) is 25.0. The lowest BCUT2D eigenvalue weighted by Gasteiger charge is -2.32. The first-order chi connectivity index (χ1) is 15.9. The molecule has 2 aromatic heterocycles. The minimum Gasteiger partial charge on any atom is -0.493 e. The van der Waals surface area contributed by atoms with Crippen LogP contribution < -0.4 is 15.8 Å². The van der Waals surface area contributed by atoms with E-state index in [-0.39, 0.29) is 22.7 Å². The third kappa shape index (κ3) is 3.59. The second kappa shape index (κ2) is 8.08. The number of carbonyl (C=O) groups excluding carboxylic acids is 1. The highest BCUT2D eigenvalue weighted by molar-refractivity contribution is 5.96. The van der Waals surface area contributed by atoms with E-state index in [1.54, 1.807) is 0 Å². The van der Waals surface area contributed by atoms with Crippen LogP contribution >= 0.6 is 0 Å². The van der Waals surface area contributed by atoms with Gasteiger partial charge in [0, 0.05) is 23.6 Å². The van der Waals surface area contributed by atoms with Crippen molar-refractivity contribution in [2.45, 2.75) is 37.6 Å². The van der Waals surface area contributed by atoms with Crippen LogP contribution in [0, 0.1) is 17.6 Å². The standard InChI is InChI=1S/C21H20F5N5O3/c1-8-12(9-4-5-10(22)13(23)15(9)33-3)16(34-20(8,2)21(24,25)26)18-29-11-6-7-28-17(14(11)30-18)31-19(27)32/h4-8,12,16H,1-3H3,(H,29,30)(H3,27,28,31,32)/t8-,12-,16+,20+/m0/s1. The fourth-order valence-electron chi connectivity index (χ4n) is 4.35. The summed E-state index contributed by atoms with van der Waals surface area (Å²) < 4.78 is 81.3. The molecule has 2 amide bonds. The van der Waals surface area contributed by atoms with E-state index in [1.807, 2.05) is 0 Å². The van der Waals surface area contributed by atoms with Gasteiger partial charge in [0.25, 0.3) is 0 Å². The Morgan fingerprint density at radius 2 is 2.00 bits per heavy atom. The second-order valence-corrected chi connectivity index (χ2v) is 8.11. The number of aromatic amines is 1. The SMILES string of the molecule is COc1c([C@H]2[C@H](c3nc4c(NC(N)=O)nccc4[nH]3)O[C@@](C)(C(F)(F)F)[C@H]2C)ccc(F)c1F. The number of nitrogens with two attached hydrogens (primary N) is 1. The summed E-state index contributed by atoms with van der Waals surface area (Å²) in [6.45, 7) is 2.20. The molecule has 1 fully saturated rings. The number of benzene rings is 1. The van der Waals surface area contributed by atoms with Crippen LogP contribution in [-0.4, -0.2) is 39.9 Å². The number of fused-ring (bicyclic) bond motifs is 1. The number of nitrogens with one attached hydrogen (secondary N) is 2. The van der Waals surface area contributed by atoms with Crippen molar-refractivity contribution in [1.82, 2.24) is 15.0 Å². The van der Waals surface area contributed by atoms with Gasteiger partial charge >= 0.3 is 12.2 Å². The number of urea groups is 1. The van der Waals surface area contributed by atoms with Gasteiger partial charge in [-0.1, -0.05) is 13.0 Å². The fourth-order valence-corrected chi connectivity index (χ4v) is 4.35. The van der Waals surface area contributed by atoms with E-state index in [2.05, 4.69) is 20.3 Å². The van der Waals surface area contributed by atoms with E-state index in [0.717, 1.165) is 20.1 Å². The number of H-pyrrole nitrogens is 1. The van der Waals surface area contributed by atoms with E-state index >= 15 is 0 Å². The number of rotatable bonds is 4. The number of methoxy groups -OCH3 is 1. The van der Waals surface area contributed by atoms with Crippen LogP contribution in [0.3, 0.4) is 0 Å². The molecule has 1 aromatic carbocycles. The van der Waals surface area contributed by atoms with Crippen molar-refractivity contribution in [3.05, 3.63) is 47.4 Å². The minimum atomic E-state index is -4.79. The second-order valence-electron chi connectivity index (χ2n) is 8.11. The molecule has 0 bridgehead atoms. The van der Waals surface area contributed by atoms with Gasteiger partial charge in [0.15, 0.2) is 23.0 Å². The number of hydrogen-bond acceptors (Lipinski definition) is 5. The van der Waals surface area contributed by atoms with Gasteiger partial charge in [-0.15, -0.1) is 0 Å². The highest BCUT2D eigenvalue weighted by atomic mass is 19.4. The Balaban J connectivity index is 1.91. The monoisotopic (exact) mass is 485 g/mol. The Bertz CT molecular complexity index is 1260. The number of aromatic nitrogens is 3. The van der Waals surface area contributed by atoms with Crippen LogP contribution in [0.5, 0.6) is 5.75 Å². The quantitative estimate of drug-likeness (QED) is 0.469. The van der Waals surface area contributed by atoms with Crippen molar-refractivity contribution < 1.29 is 36.2 Å². The lowest BCUT2D eigenvalue weighted by Crippen LogP contribution is -2.46. The number of alkyl halides is 3. The lowest BCUT2D eigenvalue weighted by molar-refractivity contribution is -0.275. The molecule has 3 aromatic rings. The molecule has 0 aliphatic carbocycles. The Kier molecular flexibility index (Phi) is 5.62.